The van der Waals surface area contributed by atoms with Gasteiger partial charge in [-0.3, -0.25) is 9.59 Å². The van der Waals surface area contributed by atoms with Gasteiger partial charge in [-0.1, -0.05) is 36.4 Å². The van der Waals surface area contributed by atoms with E-state index in [1.165, 1.54) is 0 Å². The van der Waals surface area contributed by atoms with Crippen LogP contribution in [0.5, 0.6) is 0 Å². The molecule has 7 nitrogen and oxygen atoms in total. The third kappa shape index (κ3) is 3.75. The van der Waals surface area contributed by atoms with Crippen molar-refractivity contribution in [1.29, 1.82) is 0 Å². The number of pyridine rings is 1. The van der Waals surface area contributed by atoms with Gasteiger partial charge in [0.05, 0.1) is 18.2 Å². The van der Waals surface area contributed by atoms with Crippen molar-refractivity contribution < 1.29 is 13.6 Å². The van der Waals surface area contributed by atoms with Crippen molar-refractivity contribution in [3.63, 3.8) is 0 Å². The Morgan fingerprint density at radius 1 is 0.923 bits per heavy atom. The van der Waals surface area contributed by atoms with Gasteiger partial charge in [-0.25, -0.2) is 4.79 Å². The molecule has 2 aliphatic heterocycles. The van der Waals surface area contributed by atoms with Crippen LogP contribution in [0.3, 0.4) is 0 Å². The third-order valence-electron chi connectivity index (χ3n) is 8.59. The van der Waals surface area contributed by atoms with Crippen LogP contribution in [0, 0.1) is 19.8 Å². The van der Waals surface area contributed by atoms with E-state index < -0.39 is 5.63 Å². The van der Waals surface area contributed by atoms with Crippen molar-refractivity contribution in [3.8, 4) is 11.1 Å². The molecule has 2 aromatic carbocycles. The van der Waals surface area contributed by atoms with E-state index in [1.54, 1.807) is 18.4 Å². The Morgan fingerprint density at radius 2 is 1.74 bits per heavy atom. The zero-order valence-electron chi connectivity index (χ0n) is 21.9. The number of rotatable bonds is 3. The fourth-order valence-electron chi connectivity index (χ4n) is 6.60. The van der Waals surface area contributed by atoms with Crippen molar-refractivity contribution in [3.05, 3.63) is 104 Å². The van der Waals surface area contributed by atoms with Crippen molar-refractivity contribution in [2.75, 3.05) is 13.1 Å². The molecule has 0 N–H and O–H groups in total. The maximum Gasteiger partial charge on any atom is 0.340 e. The number of hydrogen-bond donors (Lipinski definition) is 0. The maximum absolute atomic E-state index is 13.6. The topological polar surface area (TPSA) is 85.7 Å². The second kappa shape index (κ2) is 8.83. The lowest BCUT2D eigenvalue weighted by atomic mass is 9.83. The van der Waals surface area contributed by atoms with Gasteiger partial charge in [0.2, 0.25) is 5.91 Å². The molecule has 5 heterocycles. The second-order valence-corrected chi connectivity index (χ2v) is 10.9. The summed E-state index contributed by atoms with van der Waals surface area (Å²) in [6, 6.07) is 17.4. The summed E-state index contributed by atoms with van der Waals surface area (Å²) in [7, 11) is 0. The second-order valence-electron chi connectivity index (χ2n) is 10.9. The lowest BCUT2D eigenvalue weighted by Gasteiger charge is -2.42. The lowest BCUT2D eigenvalue weighted by Crippen LogP contribution is -2.49. The van der Waals surface area contributed by atoms with Crippen molar-refractivity contribution in [2.24, 2.45) is 5.92 Å². The van der Waals surface area contributed by atoms with E-state index in [-0.39, 0.29) is 29.7 Å². The van der Waals surface area contributed by atoms with Crippen LogP contribution in [-0.4, -0.2) is 28.5 Å². The van der Waals surface area contributed by atoms with Crippen LogP contribution in [0.2, 0.25) is 0 Å². The molecule has 0 saturated carbocycles. The average Bonchev–Trinajstić information content (AvgIpc) is 3.37. The fraction of sp³-hybridized carbons (Fsp3) is 0.281. The number of piperidine rings is 1. The molecule has 1 saturated heterocycles. The number of benzene rings is 2. The molecule has 2 aliphatic rings. The maximum atomic E-state index is 13.6. The summed E-state index contributed by atoms with van der Waals surface area (Å²) in [4.78, 5) is 41.0. The monoisotopic (exact) mass is 520 g/mol. The van der Waals surface area contributed by atoms with E-state index in [4.69, 9.17) is 8.83 Å². The molecule has 0 radical (unpaired) electrons. The molecule has 0 aliphatic carbocycles. The molecule has 1 fully saturated rings. The van der Waals surface area contributed by atoms with Gasteiger partial charge in [0, 0.05) is 59.2 Å². The Hall–Kier alpha value is -4.39. The van der Waals surface area contributed by atoms with Gasteiger partial charge in [0.25, 0.3) is 5.56 Å². The number of aromatic nitrogens is 1. The number of hydrogen-bond acceptors (Lipinski definition) is 5. The van der Waals surface area contributed by atoms with Gasteiger partial charge < -0.3 is 18.3 Å². The SMILES string of the molecule is Cc1c(CC(=O)N2C[C@@H]3C[C@H](C2)c2cccc(=O)n2C3)c(=O)oc2c(C)c3occ(-c4ccccc4)c3cc12. The molecule has 0 spiro atoms. The Balaban J connectivity index is 1.25. The molecule has 5 aromatic rings. The number of aryl methyl sites for hydroxylation is 2. The average molecular weight is 521 g/mol. The molecule has 196 valence electrons. The number of amides is 1. The summed E-state index contributed by atoms with van der Waals surface area (Å²) in [5.74, 6) is 0.262. The molecule has 0 unspecified atom stereocenters. The van der Waals surface area contributed by atoms with Crippen molar-refractivity contribution in [1.82, 2.24) is 9.47 Å². The molecule has 2 atom stereocenters. The van der Waals surface area contributed by atoms with E-state index in [9.17, 15) is 14.4 Å². The Labute approximate surface area is 224 Å². The van der Waals surface area contributed by atoms with Crippen molar-refractivity contribution >= 4 is 27.8 Å². The summed E-state index contributed by atoms with van der Waals surface area (Å²) in [5, 5.41) is 1.75. The zero-order chi connectivity index (χ0) is 26.8. The minimum atomic E-state index is -0.486. The predicted octanol–water partition coefficient (Wildman–Crippen LogP) is 5.17. The largest absolute Gasteiger partial charge is 0.463 e. The number of nitrogens with zero attached hydrogens (tertiary/aromatic N) is 2. The number of furan rings is 1. The summed E-state index contributed by atoms with van der Waals surface area (Å²) in [5.41, 5.74) is 5.63. The summed E-state index contributed by atoms with van der Waals surface area (Å²) in [6.07, 6.45) is 2.69. The van der Waals surface area contributed by atoms with Crippen LogP contribution in [0.1, 0.15) is 34.7 Å². The highest BCUT2D eigenvalue weighted by atomic mass is 16.4. The quantitative estimate of drug-likeness (QED) is 0.306. The molecule has 3 aromatic heterocycles. The molecule has 39 heavy (non-hydrogen) atoms. The first kappa shape index (κ1) is 23.7. The third-order valence-corrected chi connectivity index (χ3v) is 8.59. The Bertz CT molecular complexity index is 1900. The fourth-order valence-corrected chi connectivity index (χ4v) is 6.60. The van der Waals surface area contributed by atoms with E-state index in [1.807, 2.05) is 65.8 Å². The highest BCUT2D eigenvalue weighted by Gasteiger charge is 2.36. The zero-order valence-corrected chi connectivity index (χ0v) is 21.9. The van der Waals surface area contributed by atoms with E-state index in [0.717, 1.165) is 45.1 Å². The summed E-state index contributed by atoms with van der Waals surface area (Å²) >= 11 is 0. The Morgan fingerprint density at radius 3 is 2.56 bits per heavy atom. The first-order valence-corrected chi connectivity index (χ1v) is 13.4. The van der Waals surface area contributed by atoms with Crippen LogP contribution in [0.4, 0.5) is 0 Å². The normalized spacial score (nSPS) is 18.5. The van der Waals surface area contributed by atoms with Crippen LogP contribution < -0.4 is 11.2 Å². The molecule has 2 bridgehead atoms. The summed E-state index contributed by atoms with van der Waals surface area (Å²) in [6.45, 7) is 5.54. The van der Waals surface area contributed by atoms with Crippen LogP contribution in [-0.2, 0) is 17.8 Å². The van der Waals surface area contributed by atoms with E-state index >= 15 is 0 Å². The van der Waals surface area contributed by atoms with Gasteiger partial charge in [0.15, 0.2) is 0 Å². The molecule has 7 heteroatoms. The van der Waals surface area contributed by atoms with Gasteiger partial charge in [0.1, 0.15) is 11.2 Å². The van der Waals surface area contributed by atoms with E-state index in [2.05, 4.69) is 0 Å². The minimum absolute atomic E-state index is 0.0147. The summed E-state index contributed by atoms with van der Waals surface area (Å²) < 4.78 is 13.6. The first-order valence-electron chi connectivity index (χ1n) is 13.4. The van der Waals surface area contributed by atoms with Crippen LogP contribution in [0.25, 0.3) is 33.1 Å². The smallest absolute Gasteiger partial charge is 0.340 e. The number of carbonyl (C=O) groups is 1. The van der Waals surface area contributed by atoms with Crippen molar-refractivity contribution in [2.45, 2.75) is 39.2 Å². The standard InChI is InChI=1S/C32H28N2O5/c1-18-23-12-25-26(21-7-4-3-5-8-21)17-38-30(25)19(2)31(23)39-32(37)24(18)13-29(36)33-14-20-11-22(16-33)27-9-6-10-28(35)34(27)15-20/h3-10,12,17,20,22H,11,13-16H2,1-2H3/t20-,22+/m0/s1. The van der Waals surface area contributed by atoms with E-state index in [0.29, 0.717) is 36.4 Å². The highest BCUT2D eigenvalue weighted by molar-refractivity contribution is 6.05. The van der Waals surface area contributed by atoms with Gasteiger partial charge >= 0.3 is 5.63 Å². The number of carbonyl (C=O) groups excluding carboxylic acids is 1. The first-order chi connectivity index (χ1) is 18.9. The molecular weight excluding hydrogens is 492 g/mol. The molecule has 1 amide bonds. The minimum Gasteiger partial charge on any atom is -0.463 e. The Kier molecular flexibility index (Phi) is 5.37. The number of likely N-dealkylation sites (tertiary alicyclic amines) is 1. The van der Waals surface area contributed by atoms with Gasteiger partial charge in [-0.05, 0) is 49.4 Å². The number of fused-ring (bicyclic) bond motifs is 6. The molecular formula is C32H28N2O5. The lowest BCUT2D eigenvalue weighted by molar-refractivity contribution is -0.133. The van der Waals surface area contributed by atoms with Crippen LogP contribution in [0.15, 0.2) is 79.3 Å². The van der Waals surface area contributed by atoms with Gasteiger partial charge in [-0.2, -0.15) is 0 Å². The highest BCUT2D eigenvalue weighted by Crippen LogP contribution is 2.38. The predicted molar refractivity (Wildman–Crippen MR) is 149 cm³/mol. The van der Waals surface area contributed by atoms with Gasteiger partial charge in [-0.15, -0.1) is 0 Å². The molecule has 7 rings (SSSR count). The van der Waals surface area contributed by atoms with Crippen LogP contribution >= 0.6 is 0 Å².